The summed E-state index contributed by atoms with van der Waals surface area (Å²) in [7, 11) is 0. The SMILES string of the molecule is CC(CCCNC(=O)OC(C)(C)C)C1CO1. The number of amides is 1. The highest BCUT2D eigenvalue weighted by Gasteiger charge is 2.28. The molecule has 0 spiro atoms. The zero-order valence-electron chi connectivity index (χ0n) is 10.7. The standard InChI is InChI=1S/C12H23NO3/c1-9(10-8-15-10)6-5-7-13-11(14)16-12(2,3)4/h9-10H,5-8H2,1-4H3,(H,13,14). The number of carbonyl (C=O) groups is 1. The Morgan fingerprint density at radius 1 is 1.56 bits per heavy atom. The van der Waals surface area contributed by atoms with Gasteiger partial charge in [-0.1, -0.05) is 6.92 Å². The molecule has 0 aromatic heterocycles. The lowest BCUT2D eigenvalue weighted by Crippen LogP contribution is -2.33. The normalized spacial score (nSPS) is 21.4. The Kier molecular flexibility index (Phi) is 4.59. The van der Waals surface area contributed by atoms with E-state index in [-0.39, 0.29) is 6.09 Å². The Bertz CT molecular complexity index is 231. The first-order valence-corrected chi connectivity index (χ1v) is 5.97. The monoisotopic (exact) mass is 229 g/mol. The highest BCUT2D eigenvalue weighted by Crippen LogP contribution is 2.23. The van der Waals surface area contributed by atoms with Crippen LogP contribution in [0.2, 0.25) is 0 Å². The molecule has 1 rings (SSSR count). The molecule has 2 atom stereocenters. The Morgan fingerprint density at radius 2 is 2.19 bits per heavy atom. The molecule has 1 fully saturated rings. The Labute approximate surface area is 97.7 Å². The first-order valence-electron chi connectivity index (χ1n) is 5.97. The molecule has 1 amide bonds. The smallest absolute Gasteiger partial charge is 0.407 e. The van der Waals surface area contributed by atoms with Crippen LogP contribution in [0.1, 0.15) is 40.5 Å². The van der Waals surface area contributed by atoms with E-state index in [2.05, 4.69) is 12.2 Å². The fourth-order valence-corrected chi connectivity index (χ4v) is 1.50. The van der Waals surface area contributed by atoms with Crippen LogP contribution in [0.4, 0.5) is 4.79 Å². The molecule has 0 aromatic rings. The van der Waals surface area contributed by atoms with Gasteiger partial charge in [0.2, 0.25) is 0 Å². The summed E-state index contributed by atoms with van der Waals surface area (Å²) in [5.74, 6) is 0.598. The number of rotatable bonds is 5. The molecule has 4 heteroatoms. The van der Waals surface area contributed by atoms with Crippen LogP contribution in [-0.4, -0.2) is 30.9 Å². The number of hydrogen-bond acceptors (Lipinski definition) is 3. The van der Waals surface area contributed by atoms with Crippen LogP contribution in [0.5, 0.6) is 0 Å². The minimum Gasteiger partial charge on any atom is -0.444 e. The highest BCUT2D eigenvalue weighted by atomic mass is 16.6. The van der Waals surface area contributed by atoms with E-state index in [0.29, 0.717) is 18.6 Å². The van der Waals surface area contributed by atoms with Crippen LogP contribution >= 0.6 is 0 Å². The molecule has 16 heavy (non-hydrogen) atoms. The third-order valence-electron chi connectivity index (χ3n) is 2.50. The molecule has 1 saturated heterocycles. The van der Waals surface area contributed by atoms with E-state index in [9.17, 15) is 4.79 Å². The maximum Gasteiger partial charge on any atom is 0.407 e. The van der Waals surface area contributed by atoms with Crippen LogP contribution < -0.4 is 5.32 Å². The van der Waals surface area contributed by atoms with Gasteiger partial charge in [0.25, 0.3) is 0 Å². The molecule has 0 radical (unpaired) electrons. The predicted octanol–water partition coefficient (Wildman–Crippen LogP) is 2.33. The van der Waals surface area contributed by atoms with E-state index in [1.54, 1.807) is 0 Å². The van der Waals surface area contributed by atoms with Gasteiger partial charge in [0.1, 0.15) is 5.60 Å². The summed E-state index contributed by atoms with van der Waals surface area (Å²) in [6.45, 7) is 9.34. The molecule has 1 aliphatic rings. The van der Waals surface area contributed by atoms with E-state index in [1.807, 2.05) is 20.8 Å². The number of epoxide rings is 1. The Hall–Kier alpha value is -0.770. The first-order chi connectivity index (χ1) is 7.38. The minimum absolute atomic E-state index is 0.331. The van der Waals surface area contributed by atoms with Gasteiger partial charge in [-0.3, -0.25) is 0 Å². The molecule has 94 valence electrons. The van der Waals surface area contributed by atoms with Gasteiger partial charge in [0, 0.05) is 6.54 Å². The molecule has 0 saturated carbocycles. The van der Waals surface area contributed by atoms with Crippen molar-refractivity contribution in [1.82, 2.24) is 5.32 Å². The Morgan fingerprint density at radius 3 is 2.69 bits per heavy atom. The van der Waals surface area contributed by atoms with Crippen molar-refractivity contribution in [2.45, 2.75) is 52.2 Å². The predicted molar refractivity (Wildman–Crippen MR) is 62.4 cm³/mol. The lowest BCUT2D eigenvalue weighted by Gasteiger charge is -2.19. The van der Waals surface area contributed by atoms with Crippen molar-refractivity contribution in [3.8, 4) is 0 Å². The van der Waals surface area contributed by atoms with Crippen molar-refractivity contribution < 1.29 is 14.3 Å². The molecule has 4 nitrogen and oxygen atoms in total. The van der Waals surface area contributed by atoms with Crippen LogP contribution in [-0.2, 0) is 9.47 Å². The maximum absolute atomic E-state index is 11.3. The molecule has 2 unspecified atom stereocenters. The second-order valence-electron chi connectivity index (χ2n) is 5.42. The topological polar surface area (TPSA) is 50.9 Å². The maximum atomic E-state index is 11.3. The van der Waals surface area contributed by atoms with E-state index in [4.69, 9.17) is 9.47 Å². The number of carbonyl (C=O) groups excluding carboxylic acids is 1. The third-order valence-corrected chi connectivity index (χ3v) is 2.50. The molecule has 1 aliphatic heterocycles. The van der Waals surface area contributed by atoms with Crippen molar-refractivity contribution >= 4 is 6.09 Å². The zero-order valence-corrected chi connectivity index (χ0v) is 10.7. The summed E-state index contributed by atoms with van der Waals surface area (Å²) in [4.78, 5) is 11.3. The van der Waals surface area contributed by atoms with Gasteiger partial charge in [-0.2, -0.15) is 0 Å². The van der Waals surface area contributed by atoms with E-state index in [0.717, 1.165) is 19.4 Å². The fourth-order valence-electron chi connectivity index (χ4n) is 1.50. The molecule has 0 aromatic carbocycles. The quantitative estimate of drug-likeness (QED) is 0.581. The van der Waals surface area contributed by atoms with Gasteiger partial charge < -0.3 is 14.8 Å². The van der Waals surface area contributed by atoms with Gasteiger partial charge in [-0.25, -0.2) is 4.79 Å². The lowest BCUT2D eigenvalue weighted by atomic mass is 10.0. The second-order valence-corrected chi connectivity index (χ2v) is 5.42. The van der Waals surface area contributed by atoms with Gasteiger partial charge in [0.05, 0.1) is 12.7 Å². The van der Waals surface area contributed by atoms with Crippen LogP contribution in [0.15, 0.2) is 0 Å². The zero-order chi connectivity index (χ0) is 12.2. The van der Waals surface area contributed by atoms with Gasteiger partial charge >= 0.3 is 6.09 Å². The van der Waals surface area contributed by atoms with Crippen LogP contribution in [0.3, 0.4) is 0 Å². The number of ether oxygens (including phenoxy) is 2. The summed E-state index contributed by atoms with van der Waals surface area (Å²) in [5, 5.41) is 2.75. The van der Waals surface area contributed by atoms with Gasteiger partial charge in [-0.15, -0.1) is 0 Å². The molecule has 0 bridgehead atoms. The third kappa shape index (κ3) is 5.95. The van der Waals surface area contributed by atoms with Crippen molar-refractivity contribution in [1.29, 1.82) is 0 Å². The number of hydrogen-bond donors (Lipinski definition) is 1. The average molecular weight is 229 g/mol. The van der Waals surface area contributed by atoms with E-state index >= 15 is 0 Å². The molecule has 0 aliphatic carbocycles. The molecular weight excluding hydrogens is 206 g/mol. The summed E-state index contributed by atoms with van der Waals surface area (Å²) in [5.41, 5.74) is -0.417. The number of nitrogens with one attached hydrogen (secondary N) is 1. The lowest BCUT2D eigenvalue weighted by molar-refractivity contribution is 0.0526. The fraction of sp³-hybridized carbons (Fsp3) is 0.917. The van der Waals surface area contributed by atoms with Crippen molar-refractivity contribution in [3.63, 3.8) is 0 Å². The first kappa shape index (κ1) is 13.3. The van der Waals surface area contributed by atoms with Crippen LogP contribution in [0.25, 0.3) is 0 Å². The molecule has 1 heterocycles. The number of alkyl carbamates (subject to hydrolysis) is 1. The van der Waals surface area contributed by atoms with Gasteiger partial charge in [0.15, 0.2) is 0 Å². The van der Waals surface area contributed by atoms with Gasteiger partial charge in [-0.05, 0) is 39.5 Å². The largest absolute Gasteiger partial charge is 0.444 e. The second kappa shape index (κ2) is 5.53. The van der Waals surface area contributed by atoms with E-state index in [1.165, 1.54) is 0 Å². The molecule has 1 N–H and O–H groups in total. The van der Waals surface area contributed by atoms with Crippen molar-refractivity contribution in [2.75, 3.05) is 13.2 Å². The molecular formula is C12H23NO3. The summed E-state index contributed by atoms with van der Waals surface area (Å²) < 4.78 is 10.3. The van der Waals surface area contributed by atoms with Crippen molar-refractivity contribution in [3.05, 3.63) is 0 Å². The highest BCUT2D eigenvalue weighted by molar-refractivity contribution is 5.67. The summed E-state index contributed by atoms with van der Waals surface area (Å²) in [6, 6.07) is 0. The minimum atomic E-state index is -0.417. The summed E-state index contributed by atoms with van der Waals surface area (Å²) >= 11 is 0. The summed E-state index contributed by atoms with van der Waals surface area (Å²) in [6.07, 6.45) is 2.19. The Balaban J connectivity index is 1.99. The van der Waals surface area contributed by atoms with E-state index < -0.39 is 5.60 Å². The average Bonchev–Trinajstić information content (AvgIpc) is 2.91. The van der Waals surface area contributed by atoms with Crippen LogP contribution in [0, 0.1) is 5.92 Å². The van der Waals surface area contributed by atoms with Crippen molar-refractivity contribution in [2.24, 2.45) is 5.92 Å².